The number of fused-ring (bicyclic) bond motifs is 1. The minimum atomic E-state index is -0.118. The van der Waals surface area contributed by atoms with Crippen LogP contribution in [0.1, 0.15) is 15.9 Å². The molecule has 1 aliphatic rings. The summed E-state index contributed by atoms with van der Waals surface area (Å²) in [4.78, 5) is 25.9. The maximum Gasteiger partial charge on any atom is 0.251 e. The summed E-state index contributed by atoms with van der Waals surface area (Å²) < 4.78 is 0. The minimum Gasteiger partial charge on any atom is -0.351 e. The van der Waals surface area contributed by atoms with Gasteiger partial charge in [-0.2, -0.15) is 0 Å². The van der Waals surface area contributed by atoms with Crippen LogP contribution < -0.4 is 10.6 Å². The van der Waals surface area contributed by atoms with E-state index in [1.807, 2.05) is 6.07 Å². The number of thioether (sulfide) groups is 2. The predicted octanol–water partition coefficient (Wildman–Crippen LogP) is 3.56. The molecule has 0 aromatic heterocycles. The first-order valence-corrected chi connectivity index (χ1v) is 9.63. The highest BCUT2D eigenvalue weighted by atomic mass is 32.2. The van der Waals surface area contributed by atoms with Crippen molar-refractivity contribution < 1.29 is 9.59 Å². The quantitative estimate of drug-likeness (QED) is 0.634. The average Bonchev–Trinajstić information content (AvgIpc) is 2.59. The van der Waals surface area contributed by atoms with Gasteiger partial charge in [-0.1, -0.05) is 17.7 Å². The lowest BCUT2D eigenvalue weighted by Gasteiger charge is -2.16. The van der Waals surface area contributed by atoms with Gasteiger partial charge in [0.2, 0.25) is 5.91 Å². The molecule has 2 aromatic carbocycles. The molecule has 3 rings (SSSR count). The highest BCUT2D eigenvalue weighted by Gasteiger charge is 2.17. The largest absolute Gasteiger partial charge is 0.351 e. The first-order chi connectivity index (χ1) is 11.6. The third-order valence-electron chi connectivity index (χ3n) is 3.55. The van der Waals surface area contributed by atoms with Gasteiger partial charge < -0.3 is 10.6 Å². The molecule has 0 saturated heterocycles. The minimum absolute atomic E-state index is 0.0282. The van der Waals surface area contributed by atoms with E-state index < -0.39 is 0 Å². The average molecular weight is 358 g/mol. The maximum absolute atomic E-state index is 12.2. The first-order valence-electron chi connectivity index (χ1n) is 7.66. The van der Waals surface area contributed by atoms with Crippen LogP contribution in [0.25, 0.3) is 0 Å². The van der Waals surface area contributed by atoms with E-state index in [0.29, 0.717) is 17.9 Å². The Morgan fingerprint density at radius 2 is 2.04 bits per heavy atom. The van der Waals surface area contributed by atoms with Gasteiger partial charge in [0.1, 0.15) is 0 Å². The van der Waals surface area contributed by atoms with Crippen molar-refractivity contribution in [3.63, 3.8) is 0 Å². The zero-order valence-corrected chi connectivity index (χ0v) is 14.9. The lowest BCUT2D eigenvalue weighted by Crippen LogP contribution is -2.26. The Bertz CT molecular complexity index is 760. The van der Waals surface area contributed by atoms with E-state index in [0.717, 1.165) is 16.3 Å². The number of carbonyl (C=O) groups excluding carboxylic acids is 2. The third-order valence-corrected chi connectivity index (χ3v) is 5.64. The standard InChI is InChI=1S/C18H18N2O2S2/c1-12-2-5-14(6-3-12)23-9-8-19-18(22)13-4-7-16-15(10-13)20-17(21)11-24-16/h2-7,10H,8-9,11H2,1H3,(H,19,22)(H,20,21). The summed E-state index contributed by atoms with van der Waals surface area (Å²) >= 11 is 3.20. The second kappa shape index (κ2) is 7.77. The van der Waals surface area contributed by atoms with Crippen molar-refractivity contribution >= 4 is 41.0 Å². The number of benzene rings is 2. The Labute approximate surface area is 149 Å². The Morgan fingerprint density at radius 1 is 1.25 bits per heavy atom. The molecule has 1 aliphatic heterocycles. The normalized spacial score (nSPS) is 13.1. The Kier molecular flexibility index (Phi) is 5.48. The molecule has 0 fully saturated rings. The molecule has 0 atom stereocenters. The number of aryl methyl sites for hydroxylation is 1. The van der Waals surface area contributed by atoms with Crippen molar-refractivity contribution in [2.24, 2.45) is 0 Å². The van der Waals surface area contributed by atoms with Gasteiger partial charge in [-0.25, -0.2) is 0 Å². The zero-order valence-electron chi connectivity index (χ0n) is 13.3. The summed E-state index contributed by atoms with van der Waals surface area (Å²) in [5.74, 6) is 1.09. The van der Waals surface area contributed by atoms with Crippen LogP contribution in [0, 0.1) is 6.92 Å². The zero-order chi connectivity index (χ0) is 16.9. The molecule has 24 heavy (non-hydrogen) atoms. The van der Waals surface area contributed by atoms with Crippen molar-refractivity contribution in [1.29, 1.82) is 0 Å². The van der Waals surface area contributed by atoms with E-state index in [1.54, 1.807) is 23.9 Å². The van der Waals surface area contributed by atoms with Crippen LogP contribution in [0.2, 0.25) is 0 Å². The Morgan fingerprint density at radius 3 is 2.83 bits per heavy atom. The summed E-state index contributed by atoms with van der Waals surface area (Å²) in [5, 5.41) is 5.72. The molecule has 0 unspecified atom stereocenters. The van der Waals surface area contributed by atoms with Crippen molar-refractivity contribution in [1.82, 2.24) is 5.32 Å². The summed E-state index contributed by atoms with van der Waals surface area (Å²) in [5.41, 5.74) is 2.53. The van der Waals surface area contributed by atoms with Crippen LogP contribution in [-0.2, 0) is 4.79 Å². The monoisotopic (exact) mass is 358 g/mol. The fraction of sp³-hybridized carbons (Fsp3) is 0.222. The fourth-order valence-corrected chi connectivity index (χ4v) is 3.85. The number of carbonyl (C=O) groups is 2. The van der Waals surface area contributed by atoms with Crippen LogP contribution in [0.3, 0.4) is 0 Å². The predicted molar refractivity (Wildman–Crippen MR) is 100 cm³/mol. The van der Waals surface area contributed by atoms with E-state index in [1.165, 1.54) is 22.2 Å². The Hall–Kier alpha value is -1.92. The molecule has 124 valence electrons. The lowest BCUT2D eigenvalue weighted by molar-refractivity contribution is -0.113. The molecule has 2 amide bonds. The fourth-order valence-electron chi connectivity index (χ4n) is 2.29. The second-order valence-electron chi connectivity index (χ2n) is 5.47. The van der Waals surface area contributed by atoms with E-state index in [-0.39, 0.29) is 11.8 Å². The van der Waals surface area contributed by atoms with Crippen LogP contribution in [0.5, 0.6) is 0 Å². The van der Waals surface area contributed by atoms with E-state index in [9.17, 15) is 9.59 Å². The smallest absolute Gasteiger partial charge is 0.251 e. The van der Waals surface area contributed by atoms with Gasteiger partial charge in [-0.05, 0) is 37.3 Å². The molecule has 4 nitrogen and oxygen atoms in total. The molecule has 0 saturated carbocycles. The Balaban J connectivity index is 1.51. The van der Waals surface area contributed by atoms with Gasteiger partial charge in [0.05, 0.1) is 11.4 Å². The number of hydrogen-bond acceptors (Lipinski definition) is 4. The molecule has 0 aliphatic carbocycles. The summed E-state index contributed by atoms with van der Waals surface area (Å²) in [6, 6.07) is 13.8. The number of anilines is 1. The summed E-state index contributed by atoms with van der Waals surface area (Å²) in [6.07, 6.45) is 0. The van der Waals surface area contributed by atoms with Crippen molar-refractivity contribution in [3.05, 3.63) is 53.6 Å². The lowest BCUT2D eigenvalue weighted by atomic mass is 10.2. The molecule has 0 bridgehead atoms. The number of amides is 2. The molecular weight excluding hydrogens is 340 g/mol. The van der Waals surface area contributed by atoms with Crippen LogP contribution in [-0.4, -0.2) is 29.9 Å². The van der Waals surface area contributed by atoms with Crippen molar-refractivity contribution in [2.45, 2.75) is 16.7 Å². The third kappa shape index (κ3) is 4.33. The molecule has 1 heterocycles. The highest BCUT2D eigenvalue weighted by Crippen LogP contribution is 2.31. The number of nitrogens with one attached hydrogen (secondary N) is 2. The van der Waals surface area contributed by atoms with Gasteiger partial charge in [0, 0.05) is 27.7 Å². The van der Waals surface area contributed by atoms with Crippen LogP contribution >= 0.6 is 23.5 Å². The van der Waals surface area contributed by atoms with Gasteiger partial charge in [-0.15, -0.1) is 23.5 Å². The highest BCUT2D eigenvalue weighted by molar-refractivity contribution is 8.00. The van der Waals surface area contributed by atoms with E-state index >= 15 is 0 Å². The molecular formula is C18H18N2O2S2. The van der Waals surface area contributed by atoms with Crippen molar-refractivity contribution in [3.8, 4) is 0 Å². The van der Waals surface area contributed by atoms with Gasteiger partial charge in [-0.3, -0.25) is 9.59 Å². The number of hydrogen-bond donors (Lipinski definition) is 2. The van der Waals surface area contributed by atoms with Gasteiger partial charge >= 0.3 is 0 Å². The molecule has 2 aromatic rings. The molecule has 2 N–H and O–H groups in total. The maximum atomic E-state index is 12.2. The number of rotatable bonds is 5. The van der Waals surface area contributed by atoms with Crippen LogP contribution in [0.15, 0.2) is 52.3 Å². The van der Waals surface area contributed by atoms with Gasteiger partial charge in [0.15, 0.2) is 0 Å². The van der Waals surface area contributed by atoms with Gasteiger partial charge in [0.25, 0.3) is 5.91 Å². The van der Waals surface area contributed by atoms with Crippen molar-refractivity contribution in [2.75, 3.05) is 23.4 Å². The van der Waals surface area contributed by atoms with Crippen LogP contribution in [0.4, 0.5) is 5.69 Å². The van der Waals surface area contributed by atoms with E-state index in [4.69, 9.17) is 0 Å². The molecule has 0 radical (unpaired) electrons. The first kappa shape index (κ1) is 16.9. The topological polar surface area (TPSA) is 58.2 Å². The summed E-state index contributed by atoms with van der Waals surface area (Å²) in [6.45, 7) is 2.66. The second-order valence-corrected chi connectivity index (χ2v) is 7.65. The van der Waals surface area contributed by atoms with E-state index in [2.05, 4.69) is 41.8 Å². The molecule has 6 heteroatoms. The molecule has 0 spiro atoms. The SMILES string of the molecule is Cc1ccc(SCCNC(=O)c2ccc3c(c2)NC(=O)CS3)cc1. The summed E-state index contributed by atoms with van der Waals surface area (Å²) in [7, 11) is 0.